The molecule has 1 aliphatic carbocycles. The first-order valence-electron chi connectivity index (χ1n) is 11.9. The van der Waals surface area contributed by atoms with Gasteiger partial charge in [-0.05, 0) is 76.2 Å². The molecule has 0 bridgehead atoms. The average molecular weight is 445 g/mol. The van der Waals surface area contributed by atoms with Gasteiger partial charge < -0.3 is 18.9 Å². The second-order valence-corrected chi connectivity index (χ2v) is 9.94. The maximum Gasteiger partial charge on any atom is 0.333 e. The lowest BCUT2D eigenvalue weighted by Crippen LogP contribution is -2.33. The van der Waals surface area contributed by atoms with E-state index in [2.05, 4.69) is 39.8 Å². The van der Waals surface area contributed by atoms with E-state index < -0.39 is 12.6 Å². The highest BCUT2D eigenvalue weighted by atomic mass is 16.7. The summed E-state index contributed by atoms with van der Waals surface area (Å²) in [6.45, 7) is 9.36. The lowest BCUT2D eigenvalue weighted by Gasteiger charge is -2.35. The van der Waals surface area contributed by atoms with Crippen LogP contribution < -0.4 is 0 Å². The summed E-state index contributed by atoms with van der Waals surface area (Å²) in [4.78, 5) is 11.6. The molecular formula is C27H40O5. The van der Waals surface area contributed by atoms with Crippen LogP contribution in [0.3, 0.4) is 0 Å². The molecule has 2 aliphatic heterocycles. The van der Waals surface area contributed by atoms with Gasteiger partial charge >= 0.3 is 5.97 Å². The molecule has 0 saturated heterocycles. The maximum atomic E-state index is 11.6. The third kappa shape index (κ3) is 6.00. The Balaban J connectivity index is 1.53. The van der Waals surface area contributed by atoms with Crippen LogP contribution in [-0.2, 0) is 23.7 Å². The van der Waals surface area contributed by atoms with Crippen LogP contribution in [-0.4, -0.2) is 38.9 Å². The van der Waals surface area contributed by atoms with Gasteiger partial charge in [-0.15, -0.1) is 0 Å². The fraction of sp³-hybridized carbons (Fsp3) is 0.667. The van der Waals surface area contributed by atoms with E-state index in [1.807, 2.05) is 0 Å². The molecule has 0 fully saturated rings. The van der Waals surface area contributed by atoms with E-state index in [1.54, 1.807) is 18.3 Å². The lowest BCUT2D eigenvalue weighted by molar-refractivity contribution is -0.162. The predicted octanol–water partition coefficient (Wildman–Crippen LogP) is 6.16. The second kappa shape index (κ2) is 11.0. The number of esters is 1. The minimum absolute atomic E-state index is 0.271. The van der Waals surface area contributed by atoms with Crippen molar-refractivity contribution in [1.29, 1.82) is 0 Å². The van der Waals surface area contributed by atoms with Crippen molar-refractivity contribution in [2.75, 3.05) is 14.2 Å². The van der Waals surface area contributed by atoms with E-state index in [4.69, 9.17) is 18.9 Å². The molecule has 5 heteroatoms. The van der Waals surface area contributed by atoms with E-state index in [-0.39, 0.29) is 12.1 Å². The van der Waals surface area contributed by atoms with Crippen LogP contribution >= 0.6 is 0 Å². The van der Waals surface area contributed by atoms with E-state index in [1.165, 1.54) is 44.4 Å². The average Bonchev–Trinajstić information content (AvgIpc) is 3.13. The largest absolute Gasteiger partial charge is 0.428 e. The molecule has 0 aromatic heterocycles. The second-order valence-electron chi connectivity index (χ2n) is 9.94. The van der Waals surface area contributed by atoms with Gasteiger partial charge in [-0.1, -0.05) is 42.7 Å². The molecule has 178 valence electrons. The highest BCUT2D eigenvalue weighted by molar-refractivity contribution is 5.85. The zero-order valence-electron chi connectivity index (χ0n) is 20.7. The van der Waals surface area contributed by atoms with Crippen molar-refractivity contribution < 1.29 is 23.7 Å². The zero-order valence-corrected chi connectivity index (χ0v) is 20.7. The summed E-state index contributed by atoms with van der Waals surface area (Å²) in [6.07, 6.45) is 13.4. The van der Waals surface area contributed by atoms with Gasteiger partial charge in [0.2, 0.25) is 6.29 Å². The first-order chi connectivity index (χ1) is 15.2. The van der Waals surface area contributed by atoms with Crippen LogP contribution in [0.1, 0.15) is 79.1 Å². The summed E-state index contributed by atoms with van der Waals surface area (Å²) in [5.41, 5.74) is 6.95. The van der Waals surface area contributed by atoms with Gasteiger partial charge in [0.1, 0.15) is 0 Å². The van der Waals surface area contributed by atoms with Crippen LogP contribution in [0.2, 0.25) is 0 Å². The van der Waals surface area contributed by atoms with Crippen molar-refractivity contribution in [1.82, 2.24) is 0 Å². The van der Waals surface area contributed by atoms with Crippen LogP contribution in [0.25, 0.3) is 0 Å². The molecule has 3 rings (SSSR count). The quantitative estimate of drug-likeness (QED) is 0.315. The fourth-order valence-corrected chi connectivity index (χ4v) is 5.27. The Labute approximate surface area is 193 Å². The van der Waals surface area contributed by atoms with Crippen LogP contribution in [0.5, 0.6) is 0 Å². The number of carbonyl (C=O) groups excluding carboxylic acids is 1. The Morgan fingerprint density at radius 2 is 1.97 bits per heavy atom. The van der Waals surface area contributed by atoms with E-state index in [9.17, 15) is 4.79 Å². The van der Waals surface area contributed by atoms with Crippen molar-refractivity contribution in [3.63, 3.8) is 0 Å². The molecule has 3 atom stereocenters. The van der Waals surface area contributed by atoms with Gasteiger partial charge in [0.15, 0.2) is 6.29 Å². The van der Waals surface area contributed by atoms with Crippen molar-refractivity contribution >= 4 is 5.97 Å². The Morgan fingerprint density at radius 3 is 2.66 bits per heavy atom. The Kier molecular flexibility index (Phi) is 8.54. The summed E-state index contributed by atoms with van der Waals surface area (Å²) in [7, 11) is 3.18. The Hall–Kier alpha value is -1.69. The molecule has 2 heterocycles. The minimum atomic E-state index is -0.668. The number of rotatable bonds is 9. The molecule has 0 radical (unpaired) electrons. The number of carbonyl (C=O) groups is 1. The third-order valence-electron chi connectivity index (χ3n) is 7.15. The number of methoxy groups -OCH3 is 2. The minimum Gasteiger partial charge on any atom is -0.428 e. The SMILES string of the molecule is CO[C@@H]1O[C@@H](C2=CC(=O)O[C@@H]2OC)CC=C1CC/C=C(\C)CCC1=C(C)CCCC1(C)C. The molecule has 0 amide bonds. The predicted molar refractivity (Wildman–Crippen MR) is 126 cm³/mol. The topological polar surface area (TPSA) is 54.0 Å². The first kappa shape index (κ1) is 24.9. The molecule has 0 aromatic rings. The summed E-state index contributed by atoms with van der Waals surface area (Å²) < 4.78 is 22.1. The van der Waals surface area contributed by atoms with E-state index in [0.29, 0.717) is 11.8 Å². The van der Waals surface area contributed by atoms with Gasteiger partial charge in [-0.2, -0.15) is 0 Å². The molecular weight excluding hydrogens is 404 g/mol. The third-order valence-corrected chi connectivity index (χ3v) is 7.15. The number of hydrogen-bond donors (Lipinski definition) is 0. The first-order valence-corrected chi connectivity index (χ1v) is 11.9. The van der Waals surface area contributed by atoms with Gasteiger partial charge in [0.25, 0.3) is 0 Å². The molecule has 0 saturated carbocycles. The summed E-state index contributed by atoms with van der Waals surface area (Å²) >= 11 is 0. The number of cyclic esters (lactones) is 1. The van der Waals surface area contributed by atoms with Gasteiger partial charge in [0.05, 0.1) is 6.10 Å². The smallest absolute Gasteiger partial charge is 0.333 e. The van der Waals surface area contributed by atoms with Crippen molar-refractivity contribution in [2.24, 2.45) is 5.41 Å². The Bertz CT molecular complexity index is 814. The molecule has 0 unspecified atom stereocenters. The van der Waals surface area contributed by atoms with Crippen LogP contribution in [0, 0.1) is 5.41 Å². The number of ether oxygens (including phenoxy) is 4. The molecule has 32 heavy (non-hydrogen) atoms. The molecule has 0 spiro atoms. The highest BCUT2D eigenvalue weighted by Gasteiger charge is 2.36. The molecule has 0 aromatic carbocycles. The van der Waals surface area contributed by atoms with E-state index in [0.717, 1.165) is 30.4 Å². The monoisotopic (exact) mass is 444 g/mol. The summed E-state index contributed by atoms with van der Waals surface area (Å²) in [5.74, 6) is -0.387. The normalized spacial score (nSPS) is 28.5. The highest BCUT2D eigenvalue weighted by Crippen LogP contribution is 2.42. The van der Waals surface area contributed by atoms with Crippen LogP contribution in [0.4, 0.5) is 0 Å². The van der Waals surface area contributed by atoms with E-state index >= 15 is 0 Å². The molecule has 5 nitrogen and oxygen atoms in total. The van der Waals surface area contributed by atoms with Crippen molar-refractivity contribution in [3.05, 3.63) is 46.1 Å². The van der Waals surface area contributed by atoms with Crippen molar-refractivity contribution in [3.8, 4) is 0 Å². The van der Waals surface area contributed by atoms with Gasteiger partial charge in [0, 0.05) is 25.9 Å². The number of allylic oxidation sites excluding steroid dienone is 4. The lowest BCUT2D eigenvalue weighted by atomic mass is 9.71. The van der Waals surface area contributed by atoms with Gasteiger partial charge in [-0.3, -0.25) is 0 Å². The summed E-state index contributed by atoms with van der Waals surface area (Å²) in [6, 6.07) is 0. The van der Waals surface area contributed by atoms with Crippen LogP contribution in [0.15, 0.2) is 46.1 Å². The van der Waals surface area contributed by atoms with Crippen molar-refractivity contribution in [2.45, 2.75) is 97.7 Å². The molecule has 3 aliphatic rings. The van der Waals surface area contributed by atoms with Gasteiger partial charge in [-0.25, -0.2) is 4.79 Å². The zero-order chi connectivity index (χ0) is 23.3. The summed E-state index contributed by atoms with van der Waals surface area (Å²) in [5, 5.41) is 0. The standard InChI is InChI=1S/C27H40O5/c1-18(12-14-22-19(2)10-8-16-27(22,3)4)9-7-11-20-13-15-23(31-25(20)29-5)21-17-24(28)32-26(21)30-6/h9,13,17,23,25-26H,7-8,10-12,14-16H2,1-6H3/b18-9+/t23-,25-,26+/m1/s1. The molecule has 0 N–H and O–H groups in total. The maximum absolute atomic E-state index is 11.6. The fourth-order valence-electron chi connectivity index (χ4n) is 5.27. The number of hydrogen-bond acceptors (Lipinski definition) is 5. The Morgan fingerprint density at radius 1 is 1.22 bits per heavy atom.